The fourth-order valence-corrected chi connectivity index (χ4v) is 2.05. The number of likely N-dealkylation sites (N-methyl/N-ethyl adjacent to an activating group) is 1. The first kappa shape index (κ1) is 14.3. The molecule has 0 radical (unpaired) electrons. The third-order valence-electron chi connectivity index (χ3n) is 2.60. The summed E-state index contributed by atoms with van der Waals surface area (Å²) in [6.45, 7) is 3.90. The van der Waals surface area contributed by atoms with Crippen molar-refractivity contribution >= 4 is 11.6 Å². The summed E-state index contributed by atoms with van der Waals surface area (Å²) >= 11 is 6.07. The highest BCUT2D eigenvalue weighted by atomic mass is 35.5. The second-order valence-corrected chi connectivity index (χ2v) is 4.87. The standard InChI is InChI=1S/C13H21ClN2O/c1-10(15)9-16(2)7-6-11-4-5-13(17-3)12(14)8-11/h4-5,8,10H,6-7,9,15H2,1-3H3. The summed E-state index contributed by atoms with van der Waals surface area (Å²) in [4.78, 5) is 2.23. The Hall–Kier alpha value is -0.770. The van der Waals surface area contributed by atoms with Crippen molar-refractivity contribution in [1.82, 2.24) is 4.90 Å². The largest absolute Gasteiger partial charge is 0.495 e. The van der Waals surface area contributed by atoms with Gasteiger partial charge in [-0.2, -0.15) is 0 Å². The van der Waals surface area contributed by atoms with Crippen LogP contribution in [0.1, 0.15) is 12.5 Å². The van der Waals surface area contributed by atoms with Crippen molar-refractivity contribution in [2.75, 3.05) is 27.2 Å². The Morgan fingerprint density at radius 2 is 2.18 bits per heavy atom. The van der Waals surface area contributed by atoms with Crippen LogP contribution in [0.15, 0.2) is 18.2 Å². The number of nitrogens with zero attached hydrogens (tertiary/aromatic N) is 1. The molecule has 1 aromatic rings. The van der Waals surface area contributed by atoms with E-state index in [0.29, 0.717) is 5.02 Å². The SMILES string of the molecule is COc1ccc(CCN(C)CC(C)N)cc1Cl. The monoisotopic (exact) mass is 256 g/mol. The molecule has 17 heavy (non-hydrogen) atoms. The minimum absolute atomic E-state index is 0.208. The van der Waals surface area contributed by atoms with Gasteiger partial charge in [-0.15, -0.1) is 0 Å². The summed E-state index contributed by atoms with van der Waals surface area (Å²) in [6.07, 6.45) is 0.965. The Kier molecular flexibility index (Phi) is 5.75. The molecular formula is C13H21ClN2O. The number of methoxy groups -OCH3 is 1. The first-order chi connectivity index (χ1) is 8.02. The Bertz CT molecular complexity index is 355. The van der Waals surface area contributed by atoms with Gasteiger partial charge in [-0.05, 0) is 38.1 Å². The molecule has 0 fully saturated rings. The zero-order valence-electron chi connectivity index (χ0n) is 10.7. The summed E-state index contributed by atoms with van der Waals surface area (Å²) in [5.41, 5.74) is 6.96. The number of ether oxygens (including phenoxy) is 1. The molecule has 1 unspecified atom stereocenters. The quantitative estimate of drug-likeness (QED) is 0.848. The molecule has 1 rings (SSSR count). The molecular weight excluding hydrogens is 236 g/mol. The van der Waals surface area contributed by atoms with E-state index in [2.05, 4.69) is 11.9 Å². The molecule has 0 amide bonds. The number of nitrogens with two attached hydrogens (primary N) is 1. The van der Waals surface area contributed by atoms with Gasteiger partial charge in [0.2, 0.25) is 0 Å². The van der Waals surface area contributed by atoms with E-state index in [4.69, 9.17) is 22.1 Å². The number of benzene rings is 1. The average Bonchev–Trinajstić information content (AvgIpc) is 2.25. The summed E-state index contributed by atoms with van der Waals surface area (Å²) in [5, 5.41) is 0.667. The second kappa shape index (κ2) is 6.84. The summed E-state index contributed by atoms with van der Waals surface area (Å²) in [5.74, 6) is 0.722. The van der Waals surface area contributed by atoms with Crippen LogP contribution in [0.2, 0.25) is 5.02 Å². The van der Waals surface area contributed by atoms with Gasteiger partial charge in [0, 0.05) is 19.1 Å². The first-order valence-corrected chi connectivity index (χ1v) is 6.17. The molecule has 0 saturated heterocycles. The fraction of sp³-hybridized carbons (Fsp3) is 0.538. The molecule has 4 heteroatoms. The number of hydrogen-bond acceptors (Lipinski definition) is 3. The normalized spacial score (nSPS) is 12.8. The van der Waals surface area contributed by atoms with Crippen LogP contribution in [0.4, 0.5) is 0 Å². The van der Waals surface area contributed by atoms with E-state index in [0.717, 1.165) is 25.3 Å². The highest BCUT2D eigenvalue weighted by molar-refractivity contribution is 6.32. The molecule has 0 saturated carbocycles. The van der Waals surface area contributed by atoms with Crippen molar-refractivity contribution in [3.05, 3.63) is 28.8 Å². The van der Waals surface area contributed by atoms with E-state index in [1.807, 2.05) is 25.1 Å². The highest BCUT2D eigenvalue weighted by Gasteiger charge is 2.05. The van der Waals surface area contributed by atoms with Crippen LogP contribution in [-0.2, 0) is 6.42 Å². The summed E-state index contributed by atoms with van der Waals surface area (Å²) in [7, 11) is 3.70. The molecule has 0 aliphatic rings. The maximum absolute atomic E-state index is 6.07. The van der Waals surface area contributed by atoms with Crippen LogP contribution in [-0.4, -0.2) is 38.2 Å². The van der Waals surface area contributed by atoms with Gasteiger partial charge in [0.05, 0.1) is 12.1 Å². The van der Waals surface area contributed by atoms with Crippen molar-refractivity contribution in [3.8, 4) is 5.75 Å². The van der Waals surface area contributed by atoms with Crippen molar-refractivity contribution in [2.24, 2.45) is 5.73 Å². The number of rotatable bonds is 6. The predicted octanol–water partition coefficient (Wildman–Crippen LogP) is 2.17. The van der Waals surface area contributed by atoms with Gasteiger partial charge >= 0.3 is 0 Å². The molecule has 0 aromatic heterocycles. The smallest absolute Gasteiger partial charge is 0.137 e. The lowest BCUT2D eigenvalue weighted by Crippen LogP contribution is -2.34. The Morgan fingerprint density at radius 3 is 2.71 bits per heavy atom. The Balaban J connectivity index is 2.49. The minimum atomic E-state index is 0.208. The molecule has 1 atom stereocenters. The van der Waals surface area contributed by atoms with E-state index in [9.17, 15) is 0 Å². The van der Waals surface area contributed by atoms with Crippen LogP contribution in [0.25, 0.3) is 0 Å². The van der Waals surface area contributed by atoms with Crippen LogP contribution < -0.4 is 10.5 Å². The molecule has 1 aromatic carbocycles. The third kappa shape index (κ3) is 4.94. The second-order valence-electron chi connectivity index (χ2n) is 4.46. The van der Waals surface area contributed by atoms with Crippen molar-refractivity contribution in [1.29, 1.82) is 0 Å². The maximum atomic E-state index is 6.07. The summed E-state index contributed by atoms with van der Waals surface area (Å²) < 4.78 is 5.12. The van der Waals surface area contributed by atoms with E-state index in [1.54, 1.807) is 7.11 Å². The Morgan fingerprint density at radius 1 is 1.47 bits per heavy atom. The van der Waals surface area contributed by atoms with Gasteiger partial charge in [0.1, 0.15) is 5.75 Å². The number of hydrogen-bond donors (Lipinski definition) is 1. The van der Waals surface area contributed by atoms with E-state index in [1.165, 1.54) is 5.56 Å². The molecule has 0 heterocycles. The molecule has 2 N–H and O–H groups in total. The average molecular weight is 257 g/mol. The van der Waals surface area contributed by atoms with Crippen molar-refractivity contribution < 1.29 is 4.74 Å². The van der Waals surface area contributed by atoms with Gasteiger partial charge in [-0.25, -0.2) is 0 Å². The summed E-state index contributed by atoms with van der Waals surface area (Å²) in [6, 6.07) is 6.12. The fourth-order valence-electron chi connectivity index (χ4n) is 1.77. The Labute approximate surface area is 109 Å². The van der Waals surface area contributed by atoms with Crippen molar-refractivity contribution in [2.45, 2.75) is 19.4 Å². The molecule has 0 aliphatic carbocycles. The third-order valence-corrected chi connectivity index (χ3v) is 2.89. The molecule has 0 spiro atoms. The predicted molar refractivity (Wildman–Crippen MR) is 72.9 cm³/mol. The van der Waals surface area contributed by atoms with Crippen molar-refractivity contribution in [3.63, 3.8) is 0 Å². The molecule has 96 valence electrons. The van der Waals surface area contributed by atoms with E-state index in [-0.39, 0.29) is 6.04 Å². The van der Waals surface area contributed by atoms with Crippen LogP contribution in [0, 0.1) is 0 Å². The molecule has 0 aliphatic heterocycles. The maximum Gasteiger partial charge on any atom is 0.137 e. The lowest BCUT2D eigenvalue weighted by atomic mass is 10.1. The lowest BCUT2D eigenvalue weighted by molar-refractivity contribution is 0.321. The van der Waals surface area contributed by atoms with Gasteiger partial charge in [-0.1, -0.05) is 17.7 Å². The van der Waals surface area contributed by atoms with Gasteiger partial charge < -0.3 is 15.4 Å². The zero-order valence-corrected chi connectivity index (χ0v) is 11.5. The highest BCUT2D eigenvalue weighted by Crippen LogP contribution is 2.25. The van der Waals surface area contributed by atoms with E-state index < -0.39 is 0 Å². The molecule has 3 nitrogen and oxygen atoms in total. The number of halogens is 1. The topological polar surface area (TPSA) is 38.5 Å². The van der Waals surface area contributed by atoms with Gasteiger partial charge in [0.15, 0.2) is 0 Å². The zero-order chi connectivity index (χ0) is 12.8. The lowest BCUT2D eigenvalue weighted by Gasteiger charge is -2.18. The van der Waals surface area contributed by atoms with Gasteiger partial charge in [0.25, 0.3) is 0 Å². The minimum Gasteiger partial charge on any atom is -0.495 e. The van der Waals surface area contributed by atoms with E-state index >= 15 is 0 Å². The van der Waals surface area contributed by atoms with Crippen LogP contribution >= 0.6 is 11.6 Å². The van der Waals surface area contributed by atoms with Gasteiger partial charge in [-0.3, -0.25) is 0 Å². The molecule has 0 bridgehead atoms. The van der Waals surface area contributed by atoms with Crippen LogP contribution in [0.3, 0.4) is 0 Å². The van der Waals surface area contributed by atoms with Crippen LogP contribution in [0.5, 0.6) is 5.75 Å². The first-order valence-electron chi connectivity index (χ1n) is 5.79.